The number of nitrogens with zero attached hydrogens (tertiary/aromatic N) is 4. The van der Waals surface area contributed by atoms with E-state index in [4.69, 9.17) is 9.47 Å². The van der Waals surface area contributed by atoms with Crippen LogP contribution in [-0.2, 0) is 11.3 Å². The SMILES string of the molecule is CO[C@@]12CC[C@@H](Oc3ccccn3)C[C@@H]1N(Cc1cnc(C)nc1)CC2. The molecule has 26 heavy (non-hydrogen) atoms. The lowest BCUT2D eigenvalue weighted by molar-refractivity contribution is -0.0843. The van der Waals surface area contributed by atoms with E-state index in [1.165, 1.54) is 0 Å². The van der Waals surface area contributed by atoms with Crippen LogP contribution in [0.2, 0.25) is 0 Å². The van der Waals surface area contributed by atoms with E-state index in [0.717, 1.165) is 50.2 Å². The first-order valence-electron chi connectivity index (χ1n) is 9.33. The van der Waals surface area contributed by atoms with Crippen molar-refractivity contribution in [2.45, 2.75) is 56.9 Å². The molecule has 0 radical (unpaired) electrons. The van der Waals surface area contributed by atoms with Crippen LogP contribution in [0.15, 0.2) is 36.8 Å². The van der Waals surface area contributed by atoms with Crippen LogP contribution in [-0.4, -0.2) is 51.3 Å². The minimum absolute atomic E-state index is 0.0600. The number of aryl methyl sites for hydroxylation is 1. The molecule has 0 spiro atoms. The van der Waals surface area contributed by atoms with E-state index in [1.54, 1.807) is 6.20 Å². The Morgan fingerprint density at radius 2 is 2.04 bits per heavy atom. The maximum absolute atomic E-state index is 6.15. The van der Waals surface area contributed by atoms with Gasteiger partial charge in [-0.05, 0) is 32.3 Å². The summed E-state index contributed by atoms with van der Waals surface area (Å²) in [4.78, 5) is 15.5. The first-order valence-corrected chi connectivity index (χ1v) is 9.33. The summed E-state index contributed by atoms with van der Waals surface area (Å²) < 4.78 is 12.2. The molecule has 0 N–H and O–H groups in total. The lowest BCUT2D eigenvalue weighted by atomic mass is 9.79. The highest BCUT2D eigenvalue weighted by Crippen LogP contribution is 2.43. The van der Waals surface area contributed by atoms with Crippen molar-refractivity contribution in [3.05, 3.63) is 48.2 Å². The van der Waals surface area contributed by atoms with Gasteiger partial charge in [0.15, 0.2) is 0 Å². The zero-order chi connectivity index (χ0) is 18.0. The number of likely N-dealkylation sites (tertiary alicyclic amines) is 1. The molecule has 0 amide bonds. The zero-order valence-corrected chi connectivity index (χ0v) is 15.5. The molecule has 2 fully saturated rings. The van der Waals surface area contributed by atoms with Gasteiger partial charge in [-0.1, -0.05) is 6.07 Å². The maximum Gasteiger partial charge on any atom is 0.213 e. The Hall–Kier alpha value is -2.05. The van der Waals surface area contributed by atoms with Crippen LogP contribution in [0, 0.1) is 6.92 Å². The number of fused-ring (bicyclic) bond motifs is 1. The molecule has 2 aromatic heterocycles. The molecule has 2 aromatic rings. The van der Waals surface area contributed by atoms with Gasteiger partial charge in [0.1, 0.15) is 11.9 Å². The summed E-state index contributed by atoms with van der Waals surface area (Å²) in [5.74, 6) is 1.52. The predicted octanol–water partition coefficient (Wildman–Crippen LogP) is 2.77. The molecule has 2 aliphatic rings. The van der Waals surface area contributed by atoms with Crippen molar-refractivity contribution in [1.29, 1.82) is 0 Å². The van der Waals surface area contributed by atoms with Crippen LogP contribution in [0.5, 0.6) is 5.88 Å². The average Bonchev–Trinajstić information content (AvgIpc) is 3.03. The number of aromatic nitrogens is 3. The van der Waals surface area contributed by atoms with E-state index >= 15 is 0 Å². The van der Waals surface area contributed by atoms with Crippen LogP contribution in [0.1, 0.15) is 37.1 Å². The van der Waals surface area contributed by atoms with Gasteiger partial charge < -0.3 is 9.47 Å². The number of methoxy groups -OCH3 is 1. The van der Waals surface area contributed by atoms with Crippen molar-refractivity contribution in [3.63, 3.8) is 0 Å². The van der Waals surface area contributed by atoms with E-state index in [0.29, 0.717) is 11.9 Å². The molecule has 1 saturated carbocycles. The van der Waals surface area contributed by atoms with Gasteiger partial charge in [0.2, 0.25) is 5.88 Å². The van der Waals surface area contributed by atoms with Crippen LogP contribution in [0.25, 0.3) is 0 Å². The van der Waals surface area contributed by atoms with Gasteiger partial charge in [0.25, 0.3) is 0 Å². The molecule has 1 saturated heterocycles. The number of ether oxygens (including phenoxy) is 2. The lowest BCUT2D eigenvalue weighted by Gasteiger charge is -2.43. The van der Waals surface area contributed by atoms with Crippen molar-refractivity contribution in [2.24, 2.45) is 0 Å². The summed E-state index contributed by atoms with van der Waals surface area (Å²) in [7, 11) is 1.85. The third-order valence-corrected chi connectivity index (χ3v) is 5.80. The summed E-state index contributed by atoms with van der Waals surface area (Å²) in [6.07, 6.45) is 9.85. The van der Waals surface area contributed by atoms with Crippen molar-refractivity contribution in [1.82, 2.24) is 19.9 Å². The molecular weight excluding hydrogens is 328 g/mol. The topological polar surface area (TPSA) is 60.4 Å². The van der Waals surface area contributed by atoms with E-state index in [-0.39, 0.29) is 11.7 Å². The lowest BCUT2D eigenvalue weighted by Crippen LogP contribution is -2.52. The molecule has 138 valence electrons. The van der Waals surface area contributed by atoms with E-state index in [9.17, 15) is 0 Å². The van der Waals surface area contributed by atoms with Gasteiger partial charge >= 0.3 is 0 Å². The van der Waals surface area contributed by atoms with E-state index < -0.39 is 0 Å². The monoisotopic (exact) mass is 354 g/mol. The Labute approximate surface area is 154 Å². The molecule has 0 bridgehead atoms. The average molecular weight is 354 g/mol. The van der Waals surface area contributed by atoms with Gasteiger partial charge in [-0.2, -0.15) is 0 Å². The van der Waals surface area contributed by atoms with Crippen LogP contribution in [0.4, 0.5) is 0 Å². The van der Waals surface area contributed by atoms with Gasteiger partial charge in [-0.25, -0.2) is 15.0 Å². The predicted molar refractivity (Wildman–Crippen MR) is 97.8 cm³/mol. The summed E-state index contributed by atoms with van der Waals surface area (Å²) >= 11 is 0. The maximum atomic E-state index is 6.15. The summed E-state index contributed by atoms with van der Waals surface area (Å²) in [5.41, 5.74) is 1.09. The second kappa shape index (κ2) is 7.29. The van der Waals surface area contributed by atoms with Crippen LogP contribution in [0.3, 0.4) is 0 Å². The van der Waals surface area contributed by atoms with Crippen molar-refractivity contribution < 1.29 is 9.47 Å². The fourth-order valence-corrected chi connectivity index (χ4v) is 4.38. The third-order valence-electron chi connectivity index (χ3n) is 5.80. The van der Waals surface area contributed by atoms with Gasteiger partial charge in [-0.3, -0.25) is 4.90 Å². The van der Waals surface area contributed by atoms with Crippen molar-refractivity contribution in [2.75, 3.05) is 13.7 Å². The summed E-state index contributed by atoms with van der Waals surface area (Å²) in [5, 5.41) is 0. The number of hydrogen-bond donors (Lipinski definition) is 0. The van der Waals surface area contributed by atoms with Crippen LogP contribution >= 0.6 is 0 Å². The molecule has 0 aromatic carbocycles. The highest BCUT2D eigenvalue weighted by Gasteiger charge is 2.51. The second-order valence-electron chi connectivity index (χ2n) is 7.33. The summed E-state index contributed by atoms with van der Waals surface area (Å²) in [6.45, 7) is 3.80. The van der Waals surface area contributed by atoms with E-state index in [2.05, 4.69) is 19.9 Å². The smallest absolute Gasteiger partial charge is 0.213 e. The molecule has 6 nitrogen and oxygen atoms in total. The largest absolute Gasteiger partial charge is 0.474 e. The Morgan fingerprint density at radius 3 is 2.77 bits per heavy atom. The highest BCUT2D eigenvalue weighted by molar-refractivity contribution is 5.13. The second-order valence-corrected chi connectivity index (χ2v) is 7.33. The number of rotatable bonds is 5. The molecule has 6 heteroatoms. The Kier molecular flexibility index (Phi) is 4.87. The molecule has 0 unspecified atom stereocenters. The molecule has 1 aliphatic heterocycles. The normalized spacial score (nSPS) is 28.7. The molecule has 4 rings (SSSR count). The Balaban J connectivity index is 1.48. The Morgan fingerprint density at radius 1 is 1.19 bits per heavy atom. The Bertz CT molecular complexity index is 724. The zero-order valence-electron chi connectivity index (χ0n) is 15.5. The summed E-state index contributed by atoms with van der Waals surface area (Å²) in [6, 6.07) is 6.14. The standard InChI is InChI=1S/C20H26N4O2/c1-15-22-12-16(13-23-15)14-24-10-8-20(25-2)7-6-17(11-18(20)24)26-19-5-3-4-9-21-19/h3-5,9,12-13,17-18H,6-8,10-11,14H2,1-2H3/t17-,18+,20-/m1/s1. The van der Waals surface area contributed by atoms with Crippen molar-refractivity contribution in [3.8, 4) is 5.88 Å². The van der Waals surface area contributed by atoms with Gasteiger partial charge in [-0.15, -0.1) is 0 Å². The molecular formula is C20H26N4O2. The van der Waals surface area contributed by atoms with E-state index in [1.807, 2.05) is 44.6 Å². The molecule has 3 atom stereocenters. The van der Waals surface area contributed by atoms with Crippen molar-refractivity contribution >= 4 is 0 Å². The third kappa shape index (κ3) is 3.44. The van der Waals surface area contributed by atoms with Crippen LogP contribution < -0.4 is 4.74 Å². The molecule has 3 heterocycles. The minimum atomic E-state index is -0.0600. The first kappa shape index (κ1) is 17.4. The molecule has 1 aliphatic carbocycles. The number of pyridine rings is 1. The quantitative estimate of drug-likeness (QED) is 0.823. The fraction of sp³-hybridized carbons (Fsp3) is 0.550. The van der Waals surface area contributed by atoms with Gasteiger partial charge in [0.05, 0.1) is 5.60 Å². The first-order chi connectivity index (χ1) is 12.7. The highest BCUT2D eigenvalue weighted by atomic mass is 16.5. The fourth-order valence-electron chi connectivity index (χ4n) is 4.38. The number of hydrogen-bond acceptors (Lipinski definition) is 6. The minimum Gasteiger partial charge on any atom is -0.474 e. The van der Waals surface area contributed by atoms with Gasteiger partial charge in [0, 0.05) is 62.9 Å².